The van der Waals surface area contributed by atoms with E-state index < -0.39 is 17.5 Å². The molecule has 0 saturated carbocycles. The van der Waals surface area contributed by atoms with Gasteiger partial charge in [-0.05, 0) is 42.5 Å². The second-order valence-electron chi connectivity index (χ2n) is 4.91. The number of amides is 1. The van der Waals surface area contributed by atoms with Gasteiger partial charge in [0.25, 0.3) is 5.91 Å². The van der Waals surface area contributed by atoms with Gasteiger partial charge in [-0.25, -0.2) is 9.59 Å². The molecular formula is C17H10BrNO5. The molecule has 0 bridgehead atoms. The normalized spacial score (nSPS) is 10.5. The molecule has 0 atom stereocenters. The summed E-state index contributed by atoms with van der Waals surface area (Å²) in [7, 11) is 0. The Labute approximate surface area is 144 Å². The third kappa shape index (κ3) is 3.21. The van der Waals surface area contributed by atoms with Crippen LogP contribution in [0.5, 0.6) is 5.75 Å². The van der Waals surface area contributed by atoms with Crippen LogP contribution in [0.2, 0.25) is 0 Å². The first-order valence-electron chi connectivity index (χ1n) is 6.79. The van der Waals surface area contributed by atoms with Crippen molar-refractivity contribution in [3.8, 4) is 5.75 Å². The van der Waals surface area contributed by atoms with E-state index in [9.17, 15) is 14.4 Å². The van der Waals surface area contributed by atoms with Crippen molar-refractivity contribution in [2.24, 2.45) is 5.73 Å². The molecule has 0 unspecified atom stereocenters. The van der Waals surface area contributed by atoms with Crippen LogP contribution in [0.4, 0.5) is 0 Å². The number of hydrogen-bond acceptors (Lipinski definition) is 5. The van der Waals surface area contributed by atoms with Crippen molar-refractivity contribution in [3.63, 3.8) is 0 Å². The fourth-order valence-electron chi connectivity index (χ4n) is 2.08. The minimum atomic E-state index is -0.864. The van der Waals surface area contributed by atoms with Crippen molar-refractivity contribution >= 4 is 38.8 Å². The number of esters is 1. The SMILES string of the molecule is NC(=O)c1cc2ccc(OC(=O)c3ccc(Br)cc3)cc2oc1=O. The summed E-state index contributed by atoms with van der Waals surface area (Å²) in [6.45, 7) is 0. The summed E-state index contributed by atoms with van der Waals surface area (Å²) in [5.41, 5.74) is 4.59. The van der Waals surface area contributed by atoms with E-state index in [4.69, 9.17) is 14.9 Å². The molecule has 3 aromatic rings. The molecule has 120 valence electrons. The zero-order valence-electron chi connectivity index (χ0n) is 12.1. The topological polar surface area (TPSA) is 99.6 Å². The molecule has 2 N–H and O–H groups in total. The molecule has 0 radical (unpaired) electrons. The van der Waals surface area contributed by atoms with Gasteiger partial charge in [0.1, 0.15) is 16.9 Å². The van der Waals surface area contributed by atoms with Gasteiger partial charge in [0.05, 0.1) is 5.56 Å². The number of primary amides is 1. The summed E-state index contributed by atoms with van der Waals surface area (Å²) >= 11 is 3.28. The molecule has 6 nitrogen and oxygen atoms in total. The maximum atomic E-state index is 12.1. The Morgan fingerprint density at radius 3 is 2.42 bits per heavy atom. The standard InChI is InChI=1S/C17H10BrNO5/c18-11-4-1-9(2-5-11)16(21)23-12-6-3-10-7-13(15(19)20)17(22)24-14(10)8-12/h1-8H,(H2,19,20). The minimum Gasteiger partial charge on any atom is -0.423 e. The number of benzene rings is 2. The van der Waals surface area contributed by atoms with Crippen LogP contribution in [-0.2, 0) is 0 Å². The van der Waals surface area contributed by atoms with E-state index in [0.717, 1.165) is 4.47 Å². The Hall–Kier alpha value is -2.93. The summed E-state index contributed by atoms with van der Waals surface area (Å²) < 4.78 is 11.1. The monoisotopic (exact) mass is 387 g/mol. The summed E-state index contributed by atoms with van der Waals surface area (Å²) in [4.78, 5) is 34.9. The average Bonchev–Trinajstić information content (AvgIpc) is 2.54. The Bertz CT molecular complexity index is 1010. The highest BCUT2D eigenvalue weighted by Crippen LogP contribution is 2.22. The lowest BCUT2D eigenvalue weighted by molar-refractivity contribution is 0.0734. The highest BCUT2D eigenvalue weighted by atomic mass is 79.9. The molecule has 0 aliphatic rings. The number of halogens is 1. The molecule has 0 fully saturated rings. The highest BCUT2D eigenvalue weighted by Gasteiger charge is 2.13. The third-order valence-corrected chi connectivity index (χ3v) is 3.79. The number of carbonyl (C=O) groups is 2. The third-order valence-electron chi connectivity index (χ3n) is 3.26. The van der Waals surface area contributed by atoms with Crippen LogP contribution < -0.4 is 16.1 Å². The molecule has 1 amide bonds. The number of nitrogens with two attached hydrogens (primary N) is 1. The molecule has 1 aromatic heterocycles. The van der Waals surface area contributed by atoms with Crippen LogP contribution in [0.15, 0.2) is 62.2 Å². The van der Waals surface area contributed by atoms with Gasteiger partial charge in [0.15, 0.2) is 0 Å². The van der Waals surface area contributed by atoms with Crippen molar-refractivity contribution in [3.05, 3.63) is 74.6 Å². The smallest absolute Gasteiger partial charge is 0.349 e. The zero-order chi connectivity index (χ0) is 17.3. The van der Waals surface area contributed by atoms with Gasteiger partial charge in [-0.2, -0.15) is 0 Å². The van der Waals surface area contributed by atoms with Gasteiger partial charge >= 0.3 is 11.6 Å². The summed E-state index contributed by atoms with van der Waals surface area (Å²) in [6.07, 6.45) is 0. The minimum absolute atomic E-state index is 0.186. The largest absolute Gasteiger partial charge is 0.423 e. The molecule has 0 saturated heterocycles. The molecule has 2 aromatic carbocycles. The van der Waals surface area contributed by atoms with E-state index in [1.807, 2.05) is 0 Å². The Kier molecular flexibility index (Phi) is 4.18. The maximum absolute atomic E-state index is 12.1. The molecular weight excluding hydrogens is 378 g/mol. The van der Waals surface area contributed by atoms with Gasteiger partial charge in [-0.15, -0.1) is 0 Å². The highest BCUT2D eigenvalue weighted by molar-refractivity contribution is 9.10. The number of fused-ring (bicyclic) bond motifs is 1. The van der Waals surface area contributed by atoms with E-state index in [-0.39, 0.29) is 16.9 Å². The molecule has 0 aliphatic carbocycles. The fourth-order valence-corrected chi connectivity index (χ4v) is 2.34. The Morgan fingerprint density at radius 2 is 1.75 bits per heavy atom. The average molecular weight is 388 g/mol. The van der Waals surface area contributed by atoms with Gasteiger partial charge < -0.3 is 14.9 Å². The maximum Gasteiger partial charge on any atom is 0.349 e. The van der Waals surface area contributed by atoms with Crippen molar-refractivity contribution in [1.29, 1.82) is 0 Å². The summed E-state index contributed by atoms with van der Waals surface area (Å²) in [5, 5.41) is 0.492. The summed E-state index contributed by atoms with van der Waals surface area (Å²) in [5.74, 6) is -1.19. The lowest BCUT2D eigenvalue weighted by Crippen LogP contribution is -2.20. The lowest BCUT2D eigenvalue weighted by Gasteiger charge is -2.06. The van der Waals surface area contributed by atoms with Crippen LogP contribution in [-0.4, -0.2) is 11.9 Å². The van der Waals surface area contributed by atoms with Crippen molar-refractivity contribution in [2.75, 3.05) is 0 Å². The Balaban J connectivity index is 1.92. The molecule has 24 heavy (non-hydrogen) atoms. The first-order valence-corrected chi connectivity index (χ1v) is 7.59. The van der Waals surface area contributed by atoms with Crippen LogP contribution in [0.3, 0.4) is 0 Å². The Morgan fingerprint density at radius 1 is 1.04 bits per heavy atom. The van der Waals surface area contributed by atoms with Crippen LogP contribution in [0.25, 0.3) is 11.0 Å². The number of carbonyl (C=O) groups excluding carboxylic acids is 2. The van der Waals surface area contributed by atoms with E-state index in [2.05, 4.69) is 15.9 Å². The quantitative estimate of drug-likeness (QED) is 0.423. The lowest BCUT2D eigenvalue weighted by atomic mass is 10.1. The van der Waals surface area contributed by atoms with E-state index in [1.165, 1.54) is 18.2 Å². The van der Waals surface area contributed by atoms with E-state index in [0.29, 0.717) is 10.9 Å². The first-order chi connectivity index (χ1) is 11.4. The predicted octanol–water partition coefficient (Wildman–Crippen LogP) is 2.87. The van der Waals surface area contributed by atoms with Crippen LogP contribution in [0, 0.1) is 0 Å². The number of ether oxygens (including phenoxy) is 1. The molecule has 7 heteroatoms. The van der Waals surface area contributed by atoms with Gasteiger partial charge in [-0.1, -0.05) is 15.9 Å². The predicted molar refractivity (Wildman–Crippen MR) is 90.1 cm³/mol. The van der Waals surface area contributed by atoms with Gasteiger partial charge in [0.2, 0.25) is 0 Å². The van der Waals surface area contributed by atoms with Gasteiger partial charge in [0, 0.05) is 15.9 Å². The fraction of sp³-hybridized carbons (Fsp3) is 0. The van der Waals surface area contributed by atoms with Crippen molar-refractivity contribution in [2.45, 2.75) is 0 Å². The molecule has 0 spiro atoms. The van der Waals surface area contributed by atoms with Gasteiger partial charge in [-0.3, -0.25) is 4.79 Å². The second kappa shape index (κ2) is 6.29. The number of rotatable bonds is 3. The molecule has 3 rings (SSSR count). The van der Waals surface area contributed by atoms with E-state index >= 15 is 0 Å². The summed E-state index contributed by atoms with van der Waals surface area (Å²) in [6, 6.07) is 12.5. The van der Waals surface area contributed by atoms with Crippen LogP contribution in [0.1, 0.15) is 20.7 Å². The zero-order valence-corrected chi connectivity index (χ0v) is 13.7. The van der Waals surface area contributed by atoms with E-state index in [1.54, 1.807) is 30.3 Å². The molecule has 1 heterocycles. The van der Waals surface area contributed by atoms with Crippen molar-refractivity contribution in [1.82, 2.24) is 0 Å². The first kappa shape index (κ1) is 15.9. The van der Waals surface area contributed by atoms with Crippen molar-refractivity contribution < 1.29 is 18.7 Å². The van der Waals surface area contributed by atoms with Crippen LogP contribution >= 0.6 is 15.9 Å². The molecule has 0 aliphatic heterocycles. The number of hydrogen-bond donors (Lipinski definition) is 1. The second-order valence-corrected chi connectivity index (χ2v) is 5.82.